The van der Waals surface area contributed by atoms with E-state index in [-0.39, 0.29) is 17.9 Å². The van der Waals surface area contributed by atoms with Crippen LogP contribution in [0.1, 0.15) is 88.4 Å². The van der Waals surface area contributed by atoms with Crippen molar-refractivity contribution in [3.8, 4) is 0 Å². The SMILES string of the molecule is COC(=O)c1ccc2c(c1)C(=O)N(C1CCCCC1c1noc(C3CC3)n1)C2. The number of carbonyl (C=O) groups is 2. The highest BCUT2D eigenvalue weighted by Gasteiger charge is 2.41. The van der Waals surface area contributed by atoms with E-state index in [4.69, 9.17) is 9.26 Å². The molecule has 2 saturated carbocycles. The first kappa shape index (κ1) is 17.4. The summed E-state index contributed by atoms with van der Waals surface area (Å²) in [7, 11) is 1.34. The Labute approximate surface area is 163 Å². The van der Waals surface area contributed by atoms with E-state index >= 15 is 0 Å². The summed E-state index contributed by atoms with van der Waals surface area (Å²) in [6.07, 6.45) is 6.33. The third kappa shape index (κ3) is 2.89. The Morgan fingerprint density at radius 1 is 1.21 bits per heavy atom. The van der Waals surface area contributed by atoms with Crippen LogP contribution in [-0.4, -0.2) is 40.1 Å². The van der Waals surface area contributed by atoms with Crippen molar-refractivity contribution in [1.82, 2.24) is 15.0 Å². The number of benzene rings is 1. The van der Waals surface area contributed by atoms with Gasteiger partial charge in [0.1, 0.15) is 0 Å². The van der Waals surface area contributed by atoms with Crippen LogP contribution in [0.3, 0.4) is 0 Å². The summed E-state index contributed by atoms with van der Waals surface area (Å²) in [5.41, 5.74) is 1.96. The first-order valence-corrected chi connectivity index (χ1v) is 10.0. The van der Waals surface area contributed by atoms with E-state index in [1.165, 1.54) is 7.11 Å². The zero-order valence-corrected chi connectivity index (χ0v) is 15.9. The Kier molecular flexibility index (Phi) is 4.18. The number of esters is 1. The molecule has 146 valence electrons. The molecule has 7 nitrogen and oxygen atoms in total. The molecule has 1 aromatic heterocycles. The standard InChI is InChI=1S/C21H23N3O4/c1-27-21(26)13-8-9-14-11-24(20(25)16(14)10-13)17-5-3-2-4-15(17)18-22-19(28-23-18)12-6-7-12/h8-10,12,15,17H,2-7,11H2,1H3. The van der Waals surface area contributed by atoms with E-state index in [0.717, 1.165) is 55.8 Å². The van der Waals surface area contributed by atoms with Crippen molar-refractivity contribution in [2.24, 2.45) is 0 Å². The molecule has 2 atom stereocenters. The highest BCUT2D eigenvalue weighted by atomic mass is 16.5. The van der Waals surface area contributed by atoms with Gasteiger partial charge in [-0.2, -0.15) is 4.98 Å². The van der Waals surface area contributed by atoms with E-state index in [9.17, 15) is 9.59 Å². The fourth-order valence-electron chi connectivity index (χ4n) is 4.52. The molecule has 1 amide bonds. The monoisotopic (exact) mass is 381 g/mol. The second-order valence-corrected chi connectivity index (χ2v) is 8.02. The highest BCUT2D eigenvalue weighted by molar-refractivity contribution is 6.01. The van der Waals surface area contributed by atoms with E-state index in [2.05, 4.69) is 10.1 Å². The molecular weight excluding hydrogens is 358 g/mol. The third-order valence-electron chi connectivity index (χ3n) is 6.21. The van der Waals surface area contributed by atoms with Gasteiger partial charge in [0.25, 0.3) is 5.91 Å². The van der Waals surface area contributed by atoms with Crippen LogP contribution in [0.5, 0.6) is 0 Å². The number of methoxy groups -OCH3 is 1. The van der Waals surface area contributed by atoms with Crippen LogP contribution < -0.4 is 0 Å². The molecule has 2 aliphatic carbocycles. The van der Waals surface area contributed by atoms with Crippen molar-refractivity contribution in [2.45, 2.75) is 62.9 Å². The van der Waals surface area contributed by atoms with Gasteiger partial charge in [0.05, 0.1) is 12.7 Å². The van der Waals surface area contributed by atoms with Gasteiger partial charge in [0.15, 0.2) is 5.82 Å². The van der Waals surface area contributed by atoms with Crippen molar-refractivity contribution in [3.63, 3.8) is 0 Å². The molecule has 28 heavy (non-hydrogen) atoms. The molecule has 2 aromatic rings. The van der Waals surface area contributed by atoms with Gasteiger partial charge >= 0.3 is 5.97 Å². The molecule has 1 aromatic carbocycles. The molecule has 1 aliphatic heterocycles. The molecule has 0 spiro atoms. The predicted octanol–water partition coefficient (Wildman–Crippen LogP) is 3.42. The number of aromatic nitrogens is 2. The minimum Gasteiger partial charge on any atom is -0.465 e. The quantitative estimate of drug-likeness (QED) is 0.755. The molecule has 0 bridgehead atoms. The van der Waals surface area contributed by atoms with Gasteiger partial charge in [-0.15, -0.1) is 0 Å². The minimum atomic E-state index is -0.427. The second-order valence-electron chi connectivity index (χ2n) is 8.02. The number of nitrogens with zero attached hydrogens (tertiary/aromatic N) is 3. The van der Waals surface area contributed by atoms with Crippen LogP contribution >= 0.6 is 0 Å². The maximum Gasteiger partial charge on any atom is 0.337 e. The van der Waals surface area contributed by atoms with E-state index in [0.29, 0.717) is 23.6 Å². The topological polar surface area (TPSA) is 85.5 Å². The average molecular weight is 381 g/mol. The number of amides is 1. The minimum absolute atomic E-state index is 0.0245. The summed E-state index contributed by atoms with van der Waals surface area (Å²) in [5.74, 6) is 1.57. The van der Waals surface area contributed by atoms with E-state index < -0.39 is 5.97 Å². The summed E-state index contributed by atoms with van der Waals surface area (Å²) in [6, 6.07) is 5.29. The summed E-state index contributed by atoms with van der Waals surface area (Å²) >= 11 is 0. The van der Waals surface area contributed by atoms with Crippen LogP contribution in [0.2, 0.25) is 0 Å². The molecule has 2 fully saturated rings. The molecule has 0 N–H and O–H groups in total. The zero-order valence-electron chi connectivity index (χ0n) is 15.9. The van der Waals surface area contributed by atoms with Crippen LogP contribution in [0.15, 0.2) is 22.7 Å². The zero-order chi connectivity index (χ0) is 19.3. The third-order valence-corrected chi connectivity index (χ3v) is 6.21. The van der Waals surface area contributed by atoms with Crippen molar-refractivity contribution in [1.29, 1.82) is 0 Å². The van der Waals surface area contributed by atoms with Crippen LogP contribution in [-0.2, 0) is 11.3 Å². The summed E-state index contributed by atoms with van der Waals surface area (Å²) < 4.78 is 10.3. The van der Waals surface area contributed by atoms with Crippen molar-refractivity contribution in [2.75, 3.05) is 7.11 Å². The number of rotatable bonds is 4. The number of ether oxygens (including phenoxy) is 1. The molecule has 2 unspecified atom stereocenters. The van der Waals surface area contributed by atoms with Gasteiger partial charge in [0, 0.05) is 30.0 Å². The number of hydrogen-bond donors (Lipinski definition) is 0. The lowest BCUT2D eigenvalue weighted by atomic mass is 9.83. The number of carbonyl (C=O) groups excluding carboxylic acids is 2. The highest BCUT2D eigenvalue weighted by Crippen LogP contribution is 2.42. The van der Waals surface area contributed by atoms with Gasteiger partial charge < -0.3 is 14.2 Å². The van der Waals surface area contributed by atoms with Gasteiger partial charge in [-0.25, -0.2) is 4.79 Å². The Hall–Kier alpha value is -2.70. The Morgan fingerprint density at radius 2 is 2.04 bits per heavy atom. The summed E-state index contributed by atoms with van der Waals surface area (Å²) in [5, 5.41) is 4.26. The maximum atomic E-state index is 13.2. The molecule has 3 aliphatic rings. The van der Waals surface area contributed by atoms with Crippen LogP contribution in [0, 0.1) is 0 Å². The lowest BCUT2D eigenvalue weighted by Gasteiger charge is -2.36. The van der Waals surface area contributed by atoms with Gasteiger partial charge in [-0.3, -0.25) is 4.79 Å². The van der Waals surface area contributed by atoms with E-state index in [1.807, 2.05) is 11.0 Å². The van der Waals surface area contributed by atoms with Crippen molar-refractivity contribution >= 4 is 11.9 Å². The normalized spacial score (nSPS) is 24.3. The second kappa shape index (κ2) is 6.72. The lowest BCUT2D eigenvalue weighted by Crippen LogP contribution is -2.42. The Morgan fingerprint density at radius 3 is 2.82 bits per heavy atom. The smallest absolute Gasteiger partial charge is 0.337 e. The molecule has 0 saturated heterocycles. The van der Waals surface area contributed by atoms with Gasteiger partial charge in [-0.05, 0) is 43.4 Å². The first-order valence-electron chi connectivity index (χ1n) is 10.0. The fourth-order valence-corrected chi connectivity index (χ4v) is 4.52. The Bertz CT molecular complexity index is 933. The van der Waals surface area contributed by atoms with Gasteiger partial charge in [0.2, 0.25) is 5.89 Å². The fraction of sp³-hybridized carbons (Fsp3) is 0.524. The molecule has 0 radical (unpaired) electrons. The van der Waals surface area contributed by atoms with Gasteiger partial charge in [-0.1, -0.05) is 24.1 Å². The molecule has 2 heterocycles. The number of hydrogen-bond acceptors (Lipinski definition) is 6. The summed E-state index contributed by atoms with van der Waals surface area (Å²) in [6.45, 7) is 0.560. The maximum absolute atomic E-state index is 13.2. The lowest BCUT2D eigenvalue weighted by molar-refractivity contribution is 0.0600. The molecule has 7 heteroatoms. The van der Waals surface area contributed by atoms with Crippen LogP contribution in [0.25, 0.3) is 0 Å². The van der Waals surface area contributed by atoms with Crippen molar-refractivity contribution < 1.29 is 18.8 Å². The van der Waals surface area contributed by atoms with E-state index in [1.54, 1.807) is 12.1 Å². The predicted molar refractivity (Wildman–Crippen MR) is 98.9 cm³/mol. The molecule has 5 rings (SSSR count). The largest absolute Gasteiger partial charge is 0.465 e. The average Bonchev–Trinajstić information content (AvgIpc) is 3.38. The van der Waals surface area contributed by atoms with Crippen LogP contribution in [0.4, 0.5) is 0 Å². The number of fused-ring (bicyclic) bond motifs is 1. The Balaban J connectivity index is 1.41. The first-order chi connectivity index (χ1) is 13.7. The van der Waals surface area contributed by atoms with Crippen molar-refractivity contribution in [3.05, 3.63) is 46.6 Å². The summed E-state index contributed by atoms with van der Waals surface area (Å²) in [4.78, 5) is 31.6. The molecular formula is C21H23N3O4.